The molecule has 0 aromatic heterocycles. The van der Waals surface area contributed by atoms with Crippen molar-refractivity contribution in [1.29, 1.82) is 0 Å². The molecule has 3 fully saturated rings. The van der Waals surface area contributed by atoms with Crippen molar-refractivity contribution in [1.82, 2.24) is 9.62 Å². The molecule has 0 radical (unpaired) electrons. The molecule has 4 rings (SSSR count). The van der Waals surface area contributed by atoms with Crippen LogP contribution in [0, 0.1) is 12.8 Å². The predicted molar refractivity (Wildman–Crippen MR) is 119 cm³/mol. The Kier molecular flexibility index (Phi) is 6.67. The van der Waals surface area contributed by atoms with Crippen molar-refractivity contribution >= 4 is 27.5 Å². The first kappa shape index (κ1) is 22.3. The van der Waals surface area contributed by atoms with Crippen LogP contribution in [-0.2, 0) is 19.6 Å². The van der Waals surface area contributed by atoms with Gasteiger partial charge in [-0.2, -0.15) is 4.31 Å². The Bertz CT molecular complexity index is 940. The highest BCUT2D eigenvalue weighted by atomic mass is 32.2. The number of sulfonamides is 1. The first-order chi connectivity index (χ1) is 14.9. The zero-order valence-corrected chi connectivity index (χ0v) is 19.1. The monoisotopic (exact) mass is 447 g/mol. The molecule has 2 heterocycles. The van der Waals surface area contributed by atoms with Crippen LogP contribution in [0.3, 0.4) is 0 Å². The van der Waals surface area contributed by atoms with Crippen LogP contribution in [0.5, 0.6) is 0 Å². The molecule has 1 atom stereocenters. The number of anilines is 1. The summed E-state index contributed by atoms with van der Waals surface area (Å²) in [7, 11) is -3.70. The third kappa shape index (κ3) is 4.80. The molecule has 2 aliphatic heterocycles. The molecule has 170 valence electrons. The fourth-order valence-electron chi connectivity index (χ4n) is 5.09. The highest BCUT2D eigenvalue weighted by Gasteiger charge is 2.35. The molecular formula is C23H33N3O4S. The first-order valence-corrected chi connectivity index (χ1v) is 13.0. The Morgan fingerprint density at radius 1 is 1.03 bits per heavy atom. The zero-order chi connectivity index (χ0) is 22.0. The molecule has 3 aliphatic rings. The lowest BCUT2D eigenvalue weighted by Crippen LogP contribution is -2.47. The SMILES string of the molecule is Cc1cc(N2CCCC2=O)ccc1S(=O)(=O)N1CCCC(C(=O)NC2CCCCC2)C1. The van der Waals surface area contributed by atoms with Crippen molar-refractivity contribution in [2.45, 2.75) is 75.6 Å². The second-order valence-corrected chi connectivity index (χ2v) is 11.1. The van der Waals surface area contributed by atoms with Crippen LogP contribution in [0.25, 0.3) is 0 Å². The molecule has 2 saturated heterocycles. The van der Waals surface area contributed by atoms with Gasteiger partial charge in [0.2, 0.25) is 21.8 Å². The number of nitrogens with zero attached hydrogens (tertiary/aromatic N) is 2. The summed E-state index contributed by atoms with van der Waals surface area (Å²) in [5.74, 6) is -0.225. The molecule has 31 heavy (non-hydrogen) atoms. The summed E-state index contributed by atoms with van der Waals surface area (Å²) in [5.41, 5.74) is 1.38. The molecule has 1 aliphatic carbocycles. The van der Waals surface area contributed by atoms with Gasteiger partial charge in [-0.05, 0) is 62.8 Å². The molecule has 7 nitrogen and oxygen atoms in total. The Morgan fingerprint density at radius 2 is 1.81 bits per heavy atom. The summed E-state index contributed by atoms with van der Waals surface area (Å²) in [6.45, 7) is 3.11. The van der Waals surface area contributed by atoms with E-state index in [0.29, 0.717) is 31.5 Å². The summed E-state index contributed by atoms with van der Waals surface area (Å²) in [5, 5.41) is 3.16. The van der Waals surface area contributed by atoms with E-state index in [1.807, 2.05) is 0 Å². The van der Waals surface area contributed by atoms with Gasteiger partial charge in [-0.3, -0.25) is 9.59 Å². The molecule has 1 unspecified atom stereocenters. The molecule has 8 heteroatoms. The van der Waals surface area contributed by atoms with Crippen molar-refractivity contribution < 1.29 is 18.0 Å². The maximum Gasteiger partial charge on any atom is 0.243 e. The van der Waals surface area contributed by atoms with Crippen molar-refractivity contribution in [2.75, 3.05) is 24.5 Å². The normalized spacial score (nSPS) is 23.8. The quantitative estimate of drug-likeness (QED) is 0.752. The first-order valence-electron chi connectivity index (χ1n) is 11.6. The largest absolute Gasteiger partial charge is 0.353 e. The Hall–Kier alpha value is -1.93. The molecule has 1 N–H and O–H groups in total. The van der Waals surface area contributed by atoms with Gasteiger partial charge in [-0.15, -0.1) is 0 Å². The third-order valence-corrected chi connectivity index (χ3v) is 8.89. The van der Waals surface area contributed by atoms with Gasteiger partial charge in [0.05, 0.1) is 10.8 Å². The van der Waals surface area contributed by atoms with E-state index in [4.69, 9.17) is 0 Å². The summed E-state index contributed by atoms with van der Waals surface area (Å²) in [4.78, 5) is 26.8. The lowest BCUT2D eigenvalue weighted by molar-refractivity contribution is -0.127. The fraction of sp³-hybridized carbons (Fsp3) is 0.652. The van der Waals surface area contributed by atoms with E-state index in [2.05, 4.69) is 5.32 Å². The van der Waals surface area contributed by atoms with Crippen molar-refractivity contribution in [3.05, 3.63) is 23.8 Å². The molecule has 1 saturated carbocycles. The van der Waals surface area contributed by atoms with E-state index in [9.17, 15) is 18.0 Å². The lowest BCUT2D eigenvalue weighted by Gasteiger charge is -2.33. The number of hydrogen-bond donors (Lipinski definition) is 1. The summed E-state index contributed by atoms with van der Waals surface area (Å²) < 4.78 is 28.2. The fourth-order valence-corrected chi connectivity index (χ4v) is 6.82. The summed E-state index contributed by atoms with van der Waals surface area (Å²) in [6.07, 6.45) is 8.33. The van der Waals surface area contributed by atoms with E-state index < -0.39 is 10.0 Å². The van der Waals surface area contributed by atoms with Crippen molar-refractivity contribution in [2.24, 2.45) is 5.92 Å². The van der Waals surface area contributed by atoms with Crippen molar-refractivity contribution in [3.63, 3.8) is 0 Å². The van der Waals surface area contributed by atoms with E-state index in [1.165, 1.54) is 10.7 Å². The van der Waals surface area contributed by atoms with Crippen LogP contribution in [-0.4, -0.2) is 50.2 Å². The van der Waals surface area contributed by atoms with E-state index in [0.717, 1.165) is 44.2 Å². The predicted octanol–water partition coefficient (Wildman–Crippen LogP) is 2.97. The second-order valence-electron chi connectivity index (χ2n) is 9.14. The maximum absolute atomic E-state index is 13.4. The van der Waals surface area contributed by atoms with Crippen molar-refractivity contribution in [3.8, 4) is 0 Å². The average molecular weight is 448 g/mol. The van der Waals surface area contributed by atoms with Gasteiger partial charge < -0.3 is 10.2 Å². The average Bonchev–Trinajstić information content (AvgIpc) is 3.20. The number of benzene rings is 1. The lowest BCUT2D eigenvalue weighted by atomic mass is 9.93. The molecule has 0 bridgehead atoms. The minimum Gasteiger partial charge on any atom is -0.353 e. The van der Waals surface area contributed by atoms with E-state index in [1.54, 1.807) is 30.0 Å². The number of carbonyl (C=O) groups excluding carboxylic acids is 2. The zero-order valence-electron chi connectivity index (χ0n) is 18.3. The van der Waals surface area contributed by atoms with Gasteiger partial charge in [-0.25, -0.2) is 8.42 Å². The molecule has 1 aromatic rings. The smallest absolute Gasteiger partial charge is 0.243 e. The third-order valence-electron chi connectivity index (χ3n) is 6.87. The molecule has 2 amide bonds. The number of amides is 2. The van der Waals surface area contributed by atoms with Crippen LogP contribution in [0.2, 0.25) is 0 Å². The van der Waals surface area contributed by atoms with Crippen LogP contribution >= 0.6 is 0 Å². The van der Waals surface area contributed by atoms with E-state index in [-0.39, 0.29) is 35.2 Å². The van der Waals surface area contributed by atoms with Gasteiger partial charge in [0.15, 0.2) is 0 Å². The summed E-state index contributed by atoms with van der Waals surface area (Å²) >= 11 is 0. The molecule has 0 spiro atoms. The van der Waals surface area contributed by atoms with Crippen LogP contribution in [0.1, 0.15) is 63.4 Å². The summed E-state index contributed by atoms with van der Waals surface area (Å²) in [6, 6.07) is 5.35. The van der Waals surface area contributed by atoms with Gasteiger partial charge in [0, 0.05) is 37.8 Å². The number of piperidine rings is 1. The van der Waals surface area contributed by atoms with Crippen LogP contribution in [0.15, 0.2) is 23.1 Å². The number of nitrogens with one attached hydrogen (secondary N) is 1. The number of aryl methyl sites for hydroxylation is 1. The minimum absolute atomic E-state index is 0.00795. The maximum atomic E-state index is 13.4. The topological polar surface area (TPSA) is 86.8 Å². The minimum atomic E-state index is -3.70. The molecule has 1 aromatic carbocycles. The van der Waals surface area contributed by atoms with Gasteiger partial charge in [0.1, 0.15) is 0 Å². The Balaban J connectivity index is 1.46. The Morgan fingerprint density at radius 3 is 2.48 bits per heavy atom. The van der Waals surface area contributed by atoms with Gasteiger partial charge in [0.25, 0.3) is 0 Å². The number of rotatable bonds is 5. The van der Waals surface area contributed by atoms with E-state index >= 15 is 0 Å². The van der Waals surface area contributed by atoms with Gasteiger partial charge in [-0.1, -0.05) is 19.3 Å². The van der Waals surface area contributed by atoms with Gasteiger partial charge >= 0.3 is 0 Å². The number of carbonyl (C=O) groups is 2. The Labute approximate surface area is 185 Å². The highest BCUT2D eigenvalue weighted by molar-refractivity contribution is 7.89. The van der Waals surface area contributed by atoms with Crippen LogP contribution < -0.4 is 10.2 Å². The standard InChI is InChI=1S/C23H33N3O4S/c1-17-15-20(26-14-6-10-22(26)27)11-12-21(17)31(29,30)25-13-5-7-18(16-25)23(28)24-19-8-3-2-4-9-19/h11-12,15,18-19H,2-10,13-14,16H2,1H3,(H,24,28). The second kappa shape index (κ2) is 9.28. The molecular weight excluding hydrogens is 414 g/mol. The van der Waals surface area contributed by atoms with Crippen LogP contribution in [0.4, 0.5) is 5.69 Å². The number of hydrogen-bond acceptors (Lipinski definition) is 4. The highest BCUT2D eigenvalue weighted by Crippen LogP contribution is 2.30.